The first-order valence-electron chi connectivity index (χ1n) is 13.4. The molecule has 2 atom stereocenters. The molecule has 0 saturated carbocycles. The molecule has 1 fully saturated rings. The van der Waals surface area contributed by atoms with Gasteiger partial charge in [-0.05, 0) is 68.0 Å². The number of carbonyl (C=O) groups excluding carboxylic acids is 3. The van der Waals surface area contributed by atoms with Crippen LogP contribution < -0.4 is 14.8 Å². The second-order valence-corrected chi connectivity index (χ2v) is 9.75. The van der Waals surface area contributed by atoms with Gasteiger partial charge in [-0.25, -0.2) is 0 Å². The number of hydrogen-bond acceptors (Lipinski definition) is 5. The fourth-order valence-electron chi connectivity index (χ4n) is 5.89. The Hall–Kier alpha value is -3.55. The molecule has 8 heteroatoms. The van der Waals surface area contributed by atoms with Crippen LogP contribution in [0.15, 0.2) is 36.4 Å². The van der Waals surface area contributed by atoms with E-state index in [0.717, 1.165) is 29.7 Å². The number of rotatable bonds is 9. The third kappa shape index (κ3) is 4.77. The van der Waals surface area contributed by atoms with Gasteiger partial charge in [0, 0.05) is 38.2 Å². The minimum atomic E-state index is -0.547. The van der Waals surface area contributed by atoms with E-state index >= 15 is 0 Å². The minimum Gasteiger partial charge on any atom is -0.490 e. The minimum absolute atomic E-state index is 0.0466. The maximum absolute atomic E-state index is 13.8. The molecule has 0 spiro atoms. The molecular weight excluding hydrogens is 470 g/mol. The number of nitrogens with zero attached hydrogens (tertiary/aromatic N) is 2. The highest BCUT2D eigenvalue weighted by molar-refractivity contribution is 6.01. The predicted octanol–water partition coefficient (Wildman–Crippen LogP) is 3.45. The van der Waals surface area contributed by atoms with Gasteiger partial charge in [0.05, 0.1) is 25.2 Å². The van der Waals surface area contributed by atoms with Crippen molar-refractivity contribution in [2.24, 2.45) is 0 Å². The fourth-order valence-corrected chi connectivity index (χ4v) is 5.89. The van der Waals surface area contributed by atoms with Crippen LogP contribution >= 0.6 is 0 Å². The van der Waals surface area contributed by atoms with E-state index in [-0.39, 0.29) is 17.7 Å². The molecule has 2 aromatic carbocycles. The maximum atomic E-state index is 13.8. The van der Waals surface area contributed by atoms with Crippen LogP contribution in [-0.2, 0) is 16.0 Å². The molecule has 196 valence electrons. The van der Waals surface area contributed by atoms with Crippen molar-refractivity contribution in [1.82, 2.24) is 15.1 Å². The Morgan fingerprint density at radius 2 is 1.76 bits per heavy atom. The van der Waals surface area contributed by atoms with Crippen LogP contribution in [0.2, 0.25) is 0 Å². The van der Waals surface area contributed by atoms with Crippen LogP contribution in [0.5, 0.6) is 11.5 Å². The molecule has 3 aliphatic heterocycles. The zero-order valence-corrected chi connectivity index (χ0v) is 21.6. The van der Waals surface area contributed by atoms with Crippen molar-refractivity contribution >= 4 is 17.7 Å². The smallest absolute Gasteiger partial charge is 0.254 e. The van der Waals surface area contributed by atoms with Crippen LogP contribution in [0.3, 0.4) is 0 Å². The highest BCUT2D eigenvalue weighted by Crippen LogP contribution is 2.48. The summed E-state index contributed by atoms with van der Waals surface area (Å²) in [6, 6.07) is 11.0. The lowest BCUT2D eigenvalue weighted by Crippen LogP contribution is -2.50. The molecule has 0 aliphatic carbocycles. The highest BCUT2D eigenvalue weighted by atomic mass is 16.5. The number of hydrogen-bond donors (Lipinski definition) is 1. The molecule has 8 nitrogen and oxygen atoms in total. The molecule has 3 heterocycles. The quantitative estimate of drug-likeness (QED) is 0.528. The Kier molecular flexibility index (Phi) is 7.35. The number of amides is 3. The van der Waals surface area contributed by atoms with Crippen molar-refractivity contribution in [1.29, 1.82) is 0 Å². The first-order chi connectivity index (χ1) is 18.0. The van der Waals surface area contributed by atoms with E-state index in [9.17, 15) is 14.4 Å². The molecule has 1 saturated heterocycles. The lowest BCUT2D eigenvalue weighted by Gasteiger charge is -2.45. The standard InChI is InChI=1S/C29H35N3O5/c1-3-36-23-17-19-12-16-32-27(22(19)18-24(23)37-4-2)26(20-9-5-6-10-21(20)29(32)35)28(34)30-13-8-15-31-14-7-11-25(31)33/h5-6,9-10,17-18,26-27H,3-4,7-8,11-16H2,1-2H3,(H,30,34)/t26-,27-/m0/s1. The summed E-state index contributed by atoms with van der Waals surface area (Å²) in [6.45, 7) is 7.32. The summed E-state index contributed by atoms with van der Waals surface area (Å²) in [7, 11) is 0. The van der Waals surface area contributed by atoms with Crippen molar-refractivity contribution < 1.29 is 23.9 Å². The largest absolute Gasteiger partial charge is 0.490 e. The zero-order valence-electron chi connectivity index (χ0n) is 21.6. The Morgan fingerprint density at radius 1 is 1.00 bits per heavy atom. The van der Waals surface area contributed by atoms with Crippen LogP contribution in [0.4, 0.5) is 0 Å². The van der Waals surface area contributed by atoms with E-state index in [1.165, 1.54) is 0 Å². The summed E-state index contributed by atoms with van der Waals surface area (Å²) < 4.78 is 11.7. The first kappa shape index (κ1) is 25.1. The molecule has 2 aromatic rings. The number of fused-ring (bicyclic) bond motifs is 4. The van der Waals surface area contributed by atoms with Gasteiger partial charge in [0.2, 0.25) is 11.8 Å². The summed E-state index contributed by atoms with van der Waals surface area (Å²) in [5.74, 6) is 0.810. The summed E-state index contributed by atoms with van der Waals surface area (Å²) in [4.78, 5) is 43.0. The van der Waals surface area contributed by atoms with Gasteiger partial charge in [-0.3, -0.25) is 14.4 Å². The van der Waals surface area contributed by atoms with Crippen molar-refractivity contribution in [3.05, 3.63) is 58.7 Å². The van der Waals surface area contributed by atoms with Crippen molar-refractivity contribution in [3.63, 3.8) is 0 Å². The SMILES string of the molecule is CCOc1cc2c(cc1OCC)[C@H]1[C@@H](C(=O)NCCCN3CCCC3=O)c3ccccc3C(=O)N1CC2. The van der Waals surface area contributed by atoms with Gasteiger partial charge >= 0.3 is 0 Å². The van der Waals surface area contributed by atoms with Gasteiger partial charge in [0.15, 0.2) is 11.5 Å². The molecule has 37 heavy (non-hydrogen) atoms. The molecular formula is C29H35N3O5. The Morgan fingerprint density at radius 3 is 2.49 bits per heavy atom. The molecule has 3 amide bonds. The Balaban J connectivity index is 1.46. The second-order valence-electron chi connectivity index (χ2n) is 9.75. The van der Waals surface area contributed by atoms with Crippen LogP contribution in [0.25, 0.3) is 0 Å². The number of benzene rings is 2. The Labute approximate surface area is 217 Å². The van der Waals surface area contributed by atoms with Gasteiger partial charge in [-0.1, -0.05) is 18.2 Å². The van der Waals surface area contributed by atoms with Gasteiger partial charge in [0.25, 0.3) is 5.91 Å². The number of nitrogens with one attached hydrogen (secondary N) is 1. The lowest BCUT2D eigenvalue weighted by atomic mass is 9.75. The molecule has 0 aromatic heterocycles. The molecule has 0 unspecified atom stereocenters. The number of carbonyl (C=O) groups is 3. The third-order valence-corrected chi connectivity index (χ3v) is 7.54. The molecule has 0 radical (unpaired) electrons. The summed E-state index contributed by atoms with van der Waals surface area (Å²) >= 11 is 0. The zero-order chi connectivity index (χ0) is 25.9. The molecule has 1 N–H and O–H groups in total. The van der Waals surface area contributed by atoms with Crippen molar-refractivity contribution in [2.45, 2.75) is 51.5 Å². The predicted molar refractivity (Wildman–Crippen MR) is 139 cm³/mol. The topological polar surface area (TPSA) is 88.2 Å². The van der Waals surface area contributed by atoms with E-state index < -0.39 is 12.0 Å². The van der Waals surface area contributed by atoms with Crippen LogP contribution in [0, 0.1) is 0 Å². The Bertz CT molecular complexity index is 1200. The van der Waals surface area contributed by atoms with Gasteiger partial charge < -0.3 is 24.6 Å². The van der Waals surface area contributed by atoms with Crippen LogP contribution in [0.1, 0.15) is 72.1 Å². The van der Waals surface area contributed by atoms with E-state index in [1.54, 1.807) is 0 Å². The highest BCUT2D eigenvalue weighted by Gasteiger charge is 2.46. The third-order valence-electron chi connectivity index (χ3n) is 7.54. The number of likely N-dealkylation sites (tertiary alicyclic amines) is 1. The molecule has 5 rings (SSSR count). The van der Waals surface area contributed by atoms with E-state index in [0.29, 0.717) is 69.2 Å². The van der Waals surface area contributed by atoms with E-state index in [1.807, 2.05) is 60.0 Å². The average molecular weight is 506 g/mol. The fraction of sp³-hybridized carbons (Fsp3) is 0.483. The normalized spacial score (nSPS) is 20.3. The van der Waals surface area contributed by atoms with Crippen molar-refractivity contribution in [3.8, 4) is 11.5 Å². The van der Waals surface area contributed by atoms with Gasteiger partial charge in [-0.2, -0.15) is 0 Å². The van der Waals surface area contributed by atoms with Crippen molar-refractivity contribution in [2.75, 3.05) is 39.4 Å². The monoisotopic (exact) mass is 505 g/mol. The summed E-state index contributed by atoms with van der Waals surface area (Å²) in [5.41, 5.74) is 3.34. The van der Waals surface area contributed by atoms with E-state index in [2.05, 4.69) is 5.32 Å². The maximum Gasteiger partial charge on any atom is 0.254 e. The first-order valence-corrected chi connectivity index (χ1v) is 13.4. The number of ether oxygens (including phenoxy) is 2. The second kappa shape index (κ2) is 10.8. The van der Waals surface area contributed by atoms with Gasteiger partial charge in [0.1, 0.15) is 0 Å². The lowest BCUT2D eigenvalue weighted by molar-refractivity contribution is -0.127. The van der Waals surface area contributed by atoms with Crippen LogP contribution in [-0.4, -0.2) is 66.9 Å². The summed E-state index contributed by atoms with van der Waals surface area (Å²) in [5, 5.41) is 3.11. The van der Waals surface area contributed by atoms with E-state index in [4.69, 9.17) is 9.47 Å². The molecule has 3 aliphatic rings. The molecule has 0 bridgehead atoms. The summed E-state index contributed by atoms with van der Waals surface area (Å²) in [6.07, 6.45) is 2.90. The average Bonchev–Trinajstić information content (AvgIpc) is 3.31. The van der Waals surface area contributed by atoms with Gasteiger partial charge in [-0.15, -0.1) is 0 Å².